The molecule has 1 N–H and O–H groups in total. The summed E-state index contributed by atoms with van der Waals surface area (Å²) in [6.45, 7) is 4.96. The summed E-state index contributed by atoms with van der Waals surface area (Å²) in [5.74, 6) is -1.21. The van der Waals surface area contributed by atoms with Crippen molar-refractivity contribution in [2.45, 2.75) is 26.3 Å². The van der Waals surface area contributed by atoms with Gasteiger partial charge in [-0.2, -0.15) is 0 Å². The normalized spacial score (nSPS) is 12.6. The van der Waals surface area contributed by atoms with Crippen LogP contribution in [0.25, 0.3) is 10.6 Å². The standard InChI is InChI=1S/C13H15F2N3S/c1-3-6-16-8(2)12-17-18-13(19-12)10-5-4-9(14)7-11(10)15/h4-5,7-8,16H,3,6H2,1-2H3. The maximum atomic E-state index is 13.6. The van der Waals surface area contributed by atoms with Gasteiger partial charge >= 0.3 is 0 Å². The van der Waals surface area contributed by atoms with Crippen LogP contribution in [0.1, 0.15) is 31.3 Å². The molecule has 0 aliphatic heterocycles. The summed E-state index contributed by atoms with van der Waals surface area (Å²) in [4.78, 5) is 0. The Bertz CT molecular complexity index is 557. The van der Waals surface area contributed by atoms with Gasteiger partial charge in [0.15, 0.2) is 5.01 Å². The van der Waals surface area contributed by atoms with Gasteiger partial charge in [0.2, 0.25) is 0 Å². The molecule has 1 atom stereocenters. The lowest BCUT2D eigenvalue weighted by atomic mass is 10.2. The van der Waals surface area contributed by atoms with E-state index in [-0.39, 0.29) is 11.6 Å². The lowest BCUT2D eigenvalue weighted by Crippen LogP contribution is -2.18. The Balaban J connectivity index is 2.20. The molecule has 1 heterocycles. The molecule has 0 aliphatic carbocycles. The highest BCUT2D eigenvalue weighted by Gasteiger charge is 2.15. The number of rotatable bonds is 5. The first-order valence-electron chi connectivity index (χ1n) is 6.14. The summed E-state index contributed by atoms with van der Waals surface area (Å²) in [6.07, 6.45) is 1.03. The van der Waals surface area contributed by atoms with Gasteiger partial charge in [-0.05, 0) is 32.0 Å². The van der Waals surface area contributed by atoms with Crippen molar-refractivity contribution in [3.63, 3.8) is 0 Å². The summed E-state index contributed by atoms with van der Waals surface area (Å²) >= 11 is 1.32. The van der Waals surface area contributed by atoms with Gasteiger partial charge < -0.3 is 5.32 Å². The summed E-state index contributed by atoms with van der Waals surface area (Å²) in [7, 11) is 0. The molecular formula is C13H15F2N3S. The molecule has 0 radical (unpaired) electrons. The molecule has 1 aromatic heterocycles. The number of hydrogen-bond donors (Lipinski definition) is 1. The minimum atomic E-state index is -0.614. The average molecular weight is 283 g/mol. The van der Waals surface area contributed by atoms with Gasteiger partial charge in [-0.15, -0.1) is 10.2 Å². The second-order valence-corrected chi connectivity index (χ2v) is 5.25. The van der Waals surface area contributed by atoms with E-state index in [0.29, 0.717) is 5.01 Å². The van der Waals surface area contributed by atoms with Gasteiger partial charge in [-0.25, -0.2) is 8.78 Å². The van der Waals surface area contributed by atoms with Crippen LogP contribution in [0, 0.1) is 11.6 Å². The van der Waals surface area contributed by atoms with Crippen molar-refractivity contribution in [3.8, 4) is 10.6 Å². The zero-order valence-electron chi connectivity index (χ0n) is 10.8. The van der Waals surface area contributed by atoms with Crippen LogP contribution in [0.15, 0.2) is 18.2 Å². The average Bonchev–Trinajstić information content (AvgIpc) is 2.85. The summed E-state index contributed by atoms with van der Waals surface area (Å²) in [6, 6.07) is 3.54. The molecule has 0 bridgehead atoms. The Morgan fingerprint density at radius 3 is 2.79 bits per heavy atom. The Hall–Kier alpha value is -1.40. The van der Waals surface area contributed by atoms with E-state index in [2.05, 4.69) is 22.4 Å². The lowest BCUT2D eigenvalue weighted by molar-refractivity contribution is 0.564. The third-order valence-electron chi connectivity index (χ3n) is 2.67. The Morgan fingerprint density at radius 1 is 1.32 bits per heavy atom. The zero-order chi connectivity index (χ0) is 13.8. The minimum absolute atomic E-state index is 0.0784. The topological polar surface area (TPSA) is 37.8 Å². The van der Waals surface area contributed by atoms with Crippen LogP contribution in [-0.4, -0.2) is 16.7 Å². The van der Waals surface area contributed by atoms with Crippen LogP contribution in [-0.2, 0) is 0 Å². The molecule has 0 aliphatic rings. The molecule has 3 nitrogen and oxygen atoms in total. The molecule has 0 fully saturated rings. The quantitative estimate of drug-likeness (QED) is 0.912. The summed E-state index contributed by atoms with van der Waals surface area (Å²) < 4.78 is 26.5. The summed E-state index contributed by atoms with van der Waals surface area (Å²) in [5, 5.41) is 12.6. The van der Waals surface area contributed by atoms with Crippen LogP contribution < -0.4 is 5.32 Å². The number of nitrogens with zero attached hydrogens (tertiary/aromatic N) is 2. The lowest BCUT2D eigenvalue weighted by Gasteiger charge is -2.08. The molecule has 2 aromatic rings. The van der Waals surface area contributed by atoms with E-state index >= 15 is 0 Å². The largest absolute Gasteiger partial charge is 0.308 e. The van der Waals surface area contributed by atoms with E-state index in [0.717, 1.165) is 24.0 Å². The van der Waals surface area contributed by atoms with E-state index < -0.39 is 11.6 Å². The molecular weight excluding hydrogens is 268 g/mol. The van der Waals surface area contributed by atoms with Gasteiger partial charge in [-0.3, -0.25) is 0 Å². The van der Waals surface area contributed by atoms with Crippen LogP contribution >= 0.6 is 11.3 Å². The van der Waals surface area contributed by atoms with Crippen molar-refractivity contribution in [3.05, 3.63) is 34.8 Å². The van der Waals surface area contributed by atoms with Gasteiger partial charge in [0.05, 0.1) is 6.04 Å². The third kappa shape index (κ3) is 3.33. The molecule has 1 aromatic carbocycles. The maximum absolute atomic E-state index is 13.6. The number of benzene rings is 1. The van der Waals surface area contributed by atoms with E-state index in [1.54, 1.807) is 0 Å². The predicted molar refractivity (Wildman–Crippen MR) is 72.0 cm³/mol. The van der Waals surface area contributed by atoms with Crippen molar-refractivity contribution in [1.29, 1.82) is 0 Å². The van der Waals surface area contributed by atoms with E-state index in [1.807, 2.05) is 6.92 Å². The fourth-order valence-corrected chi connectivity index (χ4v) is 2.53. The fraction of sp³-hybridized carbons (Fsp3) is 0.385. The Kier molecular flexibility index (Phi) is 4.55. The number of halogens is 2. The first kappa shape index (κ1) is 14.0. The van der Waals surface area contributed by atoms with Crippen molar-refractivity contribution in [2.24, 2.45) is 0 Å². The summed E-state index contributed by atoms with van der Waals surface area (Å²) in [5.41, 5.74) is 0.285. The molecule has 0 spiro atoms. The number of hydrogen-bond acceptors (Lipinski definition) is 4. The second kappa shape index (κ2) is 6.16. The molecule has 2 rings (SSSR count). The zero-order valence-corrected chi connectivity index (χ0v) is 11.6. The number of nitrogens with one attached hydrogen (secondary N) is 1. The van der Waals surface area contributed by atoms with Crippen molar-refractivity contribution in [1.82, 2.24) is 15.5 Å². The Morgan fingerprint density at radius 2 is 2.11 bits per heavy atom. The fourth-order valence-electron chi connectivity index (χ4n) is 1.63. The minimum Gasteiger partial charge on any atom is -0.308 e. The highest BCUT2D eigenvalue weighted by Crippen LogP contribution is 2.28. The molecule has 102 valence electrons. The maximum Gasteiger partial charge on any atom is 0.150 e. The molecule has 1 unspecified atom stereocenters. The molecule has 6 heteroatoms. The monoisotopic (exact) mass is 283 g/mol. The van der Waals surface area contributed by atoms with E-state index in [1.165, 1.54) is 23.5 Å². The van der Waals surface area contributed by atoms with Gasteiger partial charge in [0, 0.05) is 11.6 Å². The van der Waals surface area contributed by atoms with Gasteiger partial charge in [0.1, 0.15) is 16.6 Å². The molecule has 0 saturated heterocycles. The van der Waals surface area contributed by atoms with Gasteiger partial charge in [-0.1, -0.05) is 18.3 Å². The number of aromatic nitrogens is 2. The highest BCUT2D eigenvalue weighted by molar-refractivity contribution is 7.14. The molecule has 0 amide bonds. The SMILES string of the molecule is CCCNC(C)c1nnc(-c2ccc(F)cc2F)s1. The smallest absolute Gasteiger partial charge is 0.150 e. The van der Waals surface area contributed by atoms with Crippen LogP contribution in [0.2, 0.25) is 0 Å². The first-order chi connectivity index (χ1) is 9.11. The van der Waals surface area contributed by atoms with Crippen molar-refractivity contribution < 1.29 is 8.78 Å². The van der Waals surface area contributed by atoms with Crippen molar-refractivity contribution >= 4 is 11.3 Å². The van der Waals surface area contributed by atoms with Crippen LogP contribution in [0.4, 0.5) is 8.78 Å². The van der Waals surface area contributed by atoms with Gasteiger partial charge in [0.25, 0.3) is 0 Å². The van der Waals surface area contributed by atoms with Crippen LogP contribution in [0.5, 0.6) is 0 Å². The highest BCUT2D eigenvalue weighted by atomic mass is 32.1. The first-order valence-corrected chi connectivity index (χ1v) is 6.95. The Labute approximate surface area is 114 Å². The third-order valence-corrected chi connectivity index (χ3v) is 3.81. The van der Waals surface area contributed by atoms with Crippen molar-refractivity contribution in [2.75, 3.05) is 6.54 Å². The van der Waals surface area contributed by atoms with Crippen LogP contribution in [0.3, 0.4) is 0 Å². The van der Waals surface area contributed by atoms with E-state index in [9.17, 15) is 8.78 Å². The predicted octanol–water partition coefficient (Wildman–Crippen LogP) is 3.54. The molecule has 19 heavy (non-hydrogen) atoms. The molecule has 0 saturated carbocycles. The second-order valence-electron chi connectivity index (χ2n) is 4.25. The van der Waals surface area contributed by atoms with E-state index in [4.69, 9.17) is 0 Å².